The van der Waals surface area contributed by atoms with Crippen molar-refractivity contribution in [1.82, 2.24) is 0 Å². The average Bonchev–Trinajstić information content (AvgIpc) is 2.18. The summed E-state index contributed by atoms with van der Waals surface area (Å²) >= 11 is 0. The van der Waals surface area contributed by atoms with Crippen molar-refractivity contribution < 1.29 is 9.09 Å². The lowest BCUT2D eigenvalue weighted by Gasteiger charge is -2.20. The van der Waals surface area contributed by atoms with E-state index < -0.39 is 8.03 Å². The van der Waals surface area contributed by atoms with Crippen molar-refractivity contribution in [2.45, 2.75) is 51.6 Å². The van der Waals surface area contributed by atoms with Gasteiger partial charge in [0.25, 0.3) is 0 Å². The third kappa shape index (κ3) is 3.36. The van der Waals surface area contributed by atoms with Crippen LogP contribution in [0, 0.1) is 5.92 Å². The molecule has 1 aliphatic rings. The summed E-state index contributed by atoms with van der Waals surface area (Å²) < 4.78 is 16.7. The molecule has 1 fully saturated rings. The molecule has 0 radical (unpaired) electrons. The predicted octanol–water partition coefficient (Wildman–Crippen LogP) is 3.73. The molecule has 0 spiro atoms. The zero-order chi connectivity index (χ0) is 9.68. The van der Waals surface area contributed by atoms with Gasteiger partial charge in [0.15, 0.2) is 5.66 Å². The summed E-state index contributed by atoms with van der Waals surface area (Å²) in [5.74, 6) is 0.643. The summed E-state index contributed by atoms with van der Waals surface area (Å²) in [4.78, 5) is 0. The fraction of sp³-hybridized carbons (Fsp3) is 1.00. The fourth-order valence-electron chi connectivity index (χ4n) is 2.03. The van der Waals surface area contributed by atoms with Crippen LogP contribution in [0.1, 0.15) is 46.0 Å². The van der Waals surface area contributed by atoms with Crippen molar-refractivity contribution in [2.24, 2.45) is 5.92 Å². The van der Waals surface area contributed by atoms with E-state index >= 15 is 0 Å². The monoisotopic (exact) mass is 203 g/mol. The van der Waals surface area contributed by atoms with E-state index in [9.17, 15) is 4.57 Å². The first-order valence-corrected chi connectivity index (χ1v) is 6.59. The molecule has 13 heavy (non-hydrogen) atoms. The van der Waals surface area contributed by atoms with Crippen LogP contribution in [-0.4, -0.2) is 12.3 Å². The van der Waals surface area contributed by atoms with Crippen LogP contribution in [-0.2, 0) is 9.09 Å². The van der Waals surface area contributed by atoms with Gasteiger partial charge in [-0.3, -0.25) is 0 Å². The van der Waals surface area contributed by atoms with Crippen LogP contribution in [0.25, 0.3) is 0 Å². The van der Waals surface area contributed by atoms with Crippen molar-refractivity contribution >= 4 is 8.03 Å². The fourth-order valence-corrected chi connectivity index (χ4v) is 3.17. The van der Waals surface area contributed by atoms with Gasteiger partial charge in [0.1, 0.15) is 0 Å². The molecule has 0 aromatic rings. The first-order chi connectivity index (χ1) is 6.25. The Morgan fingerprint density at radius 3 is 2.54 bits per heavy atom. The van der Waals surface area contributed by atoms with E-state index in [2.05, 4.69) is 6.92 Å². The van der Waals surface area contributed by atoms with Gasteiger partial charge in [-0.25, -0.2) is 0 Å². The van der Waals surface area contributed by atoms with Crippen LogP contribution in [0.4, 0.5) is 0 Å². The second-order valence-corrected chi connectivity index (χ2v) is 5.49. The topological polar surface area (TPSA) is 26.3 Å². The van der Waals surface area contributed by atoms with Gasteiger partial charge >= 0.3 is 8.03 Å². The molecule has 3 heteroatoms. The minimum atomic E-state index is -1.41. The first-order valence-electron chi connectivity index (χ1n) is 5.35. The molecule has 1 aliphatic carbocycles. The van der Waals surface area contributed by atoms with Crippen LogP contribution in [0.15, 0.2) is 0 Å². The zero-order valence-electron chi connectivity index (χ0n) is 8.66. The Balaban J connectivity index is 2.35. The average molecular weight is 203 g/mol. The maximum Gasteiger partial charge on any atom is 0.511 e. The molecule has 2 nitrogen and oxygen atoms in total. The van der Waals surface area contributed by atoms with Crippen LogP contribution in [0.5, 0.6) is 0 Å². The number of hydrogen-bond acceptors (Lipinski definition) is 2. The first kappa shape index (κ1) is 11.1. The van der Waals surface area contributed by atoms with E-state index in [1.807, 2.05) is 6.92 Å². The Morgan fingerprint density at radius 1 is 1.38 bits per heavy atom. The Morgan fingerprint density at radius 2 is 2.00 bits per heavy atom. The van der Waals surface area contributed by atoms with Gasteiger partial charge in [-0.05, 0) is 31.3 Å². The lowest BCUT2D eigenvalue weighted by molar-refractivity contribution is 0.306. The van der Waals surface area contributed by atoms with Crippen LogP contribution >= 0.6 is 8.03 Å². The second-order valence-electron chi connectivity index (χ2n) is 3.84. The maximum atomic E-state index is 11.6. The van der Waals surface area contributed by atoms with Crippen molar-refractivity contribution in [2.75, 3.05) is 6.61 Å². The smallest absolute Gasteiger partial charge is 0.146 e. The molecule has 1 rings (SSSR count). The van der Waals surface area contributed by atoms with Crippen LogP contribution < -0.4 is 0 Å². The van der Waals surface area contributed by atoms with Gasteiger partial charge < -0.3 is 0 Å². The number of hydrogen-bond donors (Lipinski definition) is 0. The summed E-state index contributed by atoms with van der Waals surface area (Å²) in [5.41, 5.74) is 0.259. The van der Waals surface area contributed by atoms with E-state index in [0.29, 0.717) is 12.5 Å². The molecule has 1 saturated carbocycles. The van der Waals surface area contributed by atoms with Crippen LogP contribution in [0.3, 0.4) is 0 Å². The molecule has 0 bridgehead atoms. The largest absolute Gasteiger partial charge is 0.511 e. The molecule has 76 valence electrons. The van der Waals surface area contributed by atoms with Crippen molar-refractivity contribution in [3.05, 3.63) is 0 Å². The highest BCUT2D eigenvalue weighted by Gasteiger charge is 2.35. The van der Waals surface area contributed by atoms with Gasteiger partial charge in [0.05, 0.1) is 6.61 Å². The van der Waals surface area contributed by atoms with Crippen LogP contribution in [0.2, 0.25) is 0 Å². The van der Waals surface area contributed by atoms with Crippen molar-refractivity contribution in [3.63, 3.8) is 0 Å². The Bertz CT molecular complexity index is 164. The lowest BCUT2D eigenvalue weighted by atomic mass is 9.87. The molecule has 0 aromatic carbocycles. The molecule has 0 saturated heterocycles. The van der Waals surface area contributed by atoms with Gasteiger partial charge in [0.2, 0.25) is 0 Å². The molecule has 2 atom stereocenters. The SMILES string of the molecule is CCO[P+](=O)C(C)C1CCCCC1. The van der Waals surface area contributed by atoms with E-state index in [-0.39, 0.29) is 5.66 Å². The van der Waals surface area contributed by atoms with Gasteiger partial charge in [-0.15, -0.1) is 4.52 Å². The molecule has 0 N–H and O–H groups in total. The normalized spacial score (nSPS) is 22.8. The lowest BCUT2D eigenvalue weighted by Crippen LogP contribution is -2.17. The molecule has 0 aliphatic heterocycles. The van der Waals surface area contributed by atoms with E-state index in [4.69, 9.17) is 4.52 Å². The molecular formula is C10H20O2P+. The Labute approximate surface area is 81.9 Å². The summed E-state index contributed by atoms with van der Waals surface area (Å²) in [7, 11) is -1.41. The predicted molar refractivity (Wildman–Crippen MR) is 55.3 cm³/mol. The summed E-state index contributed by atoms with van der Waals surface area (Å²) in [6.45, 7) is 4.55. The number of rotatable bonds is 4. The quantitative estimate of drug-likeness (QED) is 0.650. The summed E-state index contributed by atoms with van der Waals surface area (Å²) in [6.07, 6.45) is 6.47. The Hall–Kier alpha value is 0.0600. The third-order valence-electron chi connectivity index (χ3n) is 2.92. The molecule has 0 heterocycles. The molecule has 2 unspecified atom stereocenters. The molecule has 0 amide bonds. The van der Waals surface area contributed by atoms with Gasteiger partial charge in [-0.2, -0.15) is 0 Å². The minimum absolute atomic E-state index is 0.259. The Kier molecular flexibility index (Phi) is 4.90. The second kappa shape index (κ2) is 5.72. The van der Waals surface area contributed by atoms with Crippen molar-refractivity contribution in [1.29, 1.82) is 0 Å². The summed E-state index contributed by atoms with van der Waals surface area (Å²) in [5, 5.41) is 0. The maximum absolute atomic E-state index is 11.6. The van der Waals surface area contributed by atoms with Gasteiger partial charge in [-0.1, -0.05) is 19.3 Å². The highest BCUT2D eigenvalue weighted by Crippen LogP contribution is 2.40. The molecular weight excluding hydrogens is 183 g/mol. The van der Waals surface area contributed by atoms with Gasteiger partial charge in [0, 0.05) is 5.92 Å². The highest BCUT2D eigenvalue weighted by atomic mass is 31.1. The highest BCUT2D eigenvalue weighted by molar-refractivity contribution is 7.40. The van der Waals surface area contributed by atoms with E-state index in [1.165, 1.54) is 32.1 Å². The standard InChI is InChI=1S/C10H20O2P/c1-3-12-13(11)9(2)10-7-5-4-6-8-10/h9-10H,3-8H2,1-2H3/q+1. The zero-order valence-corrected chi connectivity index (χ0v) is 9.56. The molecule has 0 aromatic heterocycles. The van der Waals surface area contributed by atoms with E-state index in [0.717, 1.165) is 0 Å². The minimum Gasteiger partial charge on any atom is -0.146 e. The van der Waals surface area contributed by atoms with E-state index in [1.54, 1.807) is 0 Å². The third-order valence-corrected chi connectivity index (χ3v) is 4.52. The van der Waals surface area contributed by atoms with Crippen molar-refractivity contribution in [3.8, 4) is 0 Å². The summed E-state index contributed by atoms with van der Waals surface area (Å²) in [6, 6.07) is 0.